The number of amides is 2. The van der Waals surface area contributed by atoms with Crippen LogP contribution in [0, 0.1) is 0 Å². The van der Waals surface area contributed by atoms with Crippen molar-refractivity contribution in [3.63, 3.8) is 0 Å². The zero-order chi connectivity index (χ0) is 18.5. The molecule has 1 N–H and O–H groups in total. The summed E-state index contributed by atoms with van der Waals surface area (Å²) < 4.78 is 6.15. The number of thiazole rings is 1. The van der Waals surface area contributed by atoms with Crippen LogP contribution in [0.5, 0.6) is 5.75 Å². The van der Waals surface area contributed by atoms with Gasteiger partial charge in [0, 0.05) is 27.6 Å². The van der Waals surface area contributed by atoms with Gasteiger partial charge in [-0.3, -0.25) is 4.90 Å². The molecule has 1 heterocycles. The summed E-state index contributed by atoms with van der Waals surface area (Å²) in [7, 11) is 1.61. The monoisotopic (exact) mass is 431 g/mol. The summed E-state index contributed by atoms with van der Waals surface area (Å²) in [6, 6.07) is 15.0. The van der Waals surface area contributed by atoms with Crippen LogP contribution in [0.15, 0.2) is 58.4 Å². The Morgan fingerprint density at radius 2 is 1.88 bits per heavy atom. The largest absolute Gasteiger partial charge is 0.497 e. The SMILES string of the molecule is CCN(C(=O)Nc1ccc(OC)cc1)c1nc(-c2ccc(Br)cc2)cs1. The summed E-state index contributed by atoms with van der Waals surface area (Å²) in [5.41, 5.74) is 2.58. The molecule has 26 heavy (non-hydrogen) atoms. The molecule has 134 valence electrons. The van der Waals surface area contributed by atoms with E-state index in [-0.39, 0.29) is 6.03 Å². The van der Waals surface area contributed by atoms with Crippen molar-refractivity contribution < 1.29 is 9.53 Å². The van der Waals surface area contributed by atoms with Gasteiger partial charge in [-0.05, 0) is 43.3 Å². The molecule has 0 aliphatic heterocycles. The van der Waals surface area contributed by atoms with Crippen molar-refractivity contribution >= 4 is 44.1 Å². The fraction of sp³-hybridized carbons (Fsp3) is 0.158. The molecule has 0 saturated carbocycles. The third-order valence-corrected chi connectivity index (χ3v) is 5.16. The molecule has 2 amide bonds. The Hall–Kier alpha value is -2.38. The lowest BCUT2D eigenvalue weighted by molar-refractivity contribution is 0.257. The molecular formula is C19H18BrN3O2S. The fourth-order valence-electron chi connectivity index (χ4n) is 2.37. The molecule has 5 nitrogen and oxygen atoms in total. The van der Waals surface area contributed by atoms with Gasteiger partial charge < -0.3 is 10.1 Å². The van der Waals surface area contributed by atoms with Gasteiger partial charge in [0.05, 0.1) is 12.8 Å². The molecule has 0 atom stereocenters. The number of halogens is 1. The number of carbonyl (C=O) groups is 1. The van der Waals surface area contributed by atoms with Crippen molar-refractivity contribution in [2.75, 3.05) is 23.9 Å². The van der Waals surface area contributed by atoms with Crippen LogP contribution in [0.4, 0.5) is 15.6 Å². The molecule has 0 aliphatic rings. The number of rotatable bonds is 5. The predicted molar refractivity (Wildman–Crippen MR) is 110 cm³/mol. The average molecular weight is 432 g/mol. The second kappa shape index (κ2) is 8.33. The number of ether oxygens (including phenoxy) is 1. The summed E-state index contributed by atoms with van der Waals surface area (Å²) >= 11 is 4.88. The van der Waals surface area contributed by atoms with Crippen LogP contribution in [-0.2, 0) is 0 Å². The number of methoxy groups -OCH3 is 1. The third-order valence-electron chi connectivity index (χ3n) is 3.77. The molecular weight excluding hydrogens is 414 g/mol. The number of carbonyl (C=O) groups excluding carboxylic acids is 1. The van der Waals surface area contributed by atoms with Gasteiger partial charge in [0.1, 0.15) is 5.75 Å². The van der Waals surface area contributed by atoms with E-state index in [1.807, 2.05) is 36.6 Å². The van der Waals surface area contributed by atoms with Gasteiger partial charge in [-0.2, -0.15) is 0 Å². The van der Waals surface area contributed by atoms with Gasteiger partial charge in [-0.15, -0.1) is 11.3 Å². The summed E-state index contributed by atoms with van der Waals surface area (Å²) in [5.74, 6) is 0.745. The second-order valence-corrected chi connectivity index (χ2v) is 7.18. The van der Waals surface area contributed by atoms with Gasteiger partial charge in [-0.1, -0.05) is 28.1 Å². The minimum atomic E-state index is -0.214. The maximum Gasteiger partial charge on any atom is 0.328 e. The highest BCUT2D eigenvalue weighted by Gasteiger charge is 2.18. The number of benzene rings is 2. The highest BCUT2D eigenvalue weighted by atomic mass is 79.9. The lowest BCUT2D eigenvalue weighted by atomic mass is 10.2. The Labute approximate surface area is 164 Å². The first-order valence-electron chi connectivity index (χ1n) is 8.04. The number of urea groups is 1. The summed E-state index contributed by atoms with van der Waals surface area (Å²) in [5, 5.41) is 5.51. The summed E-state index contributed by atoms with van der Waals surface area (Å²) in [6.07, 6.45) is 0. The second-order valence-electron chi connectivity index (χ2n) is 5.43. The first kappa shape index (κ1) is 18.4. The van der Waals surface area contributed by atoms with E-state index in [0.717, 1.165) is 21.5 Å². The third kappa shape index (κ3) is 4.23. The normalized spacial score (nSPS) is 10.4. The van der Waals surface area contributed by atoms with Crippen molar-refractivity contribution in [3.8, 4) is 17.0 Å². The minimum absolute atomic E-state index is 0.214. The molecule has 2 aromatic carbocycles. The highest BCUT2D eigenvalue weighted by Crippen LogP contribution is 2.28. The molecule has 1 aromatic heterocycles. The minimum Gasteiger partial charge on any atom is -0.497 e. The van der Waals surface area contributed by atoms with Gasteiger partial charge in [0.15, 0.2) is 5.13 Å². The zero-order valence-electron chi connectivity index (χ0n) is 14.4. The lowest BCUT2D eigenvalue weighted by Crippen LogP contribution is -2.34. The van der Waals surface area contributed by atoms with Gasteiger partial charge in [0.25, 0.3) is 0 Å². The van der Waals surface area contributed by atoms with E-state index in [2.05, 4.69) is 26.2 Å². The smallest absolute Gasteiger partial charge is 0.328 e. The maximum atomic E-state index is 12.6. The zero-order valence-corrected chi connectivity index (χ0v) is 16.8. The number of nitrogens with one attached hydrogen (secondary N) is 1. The van der Waals surface area contributed by atoms with Crippen LogP contribution < -0.4 is 15.0 Å². The van der Waals surface area contributed by atoms with Gasteiger partial charge in [-0.25, -0.2) is 9.78 Å². The van der Waals surface area contributed by atoms with E-state index in [1.165, 1.54) is 11.3 Å². The first-order chi connectivity index (χ1) is 12.6. The quantitative estimate of drug-likeness (QED) is 0.568. The van der Waals surface area contributed by atoms with Gasteiger partial charge >= 0.3 is 6.03 Å². The Balaban J connectivity index is 1.75. The van der Waals surface area contributed by atoms with Crippen LogP contribution in [0.3, 0.4) is 0 Å². The van der Waals surface area contributed by atoms with E-state index < -0.39 is 0 Å². The van der Waals surface area contributed by atoms with Crippen molar-refractivity contribution in [3.05, 3.63) is 58.4 Å². The van der Waals surface area contributed by atoms with Crippen molar-refractivity contribution in [1.82, 2.24) is 4.98 Å². The average Bonchev–Trinajstić information content (AvgIpc) is 3.13. The van der Waals surface area contributed by atoms with Crippen molar-refractivity contribution in [1.29, 1.82) is 0 Å². The highest BCUT2D eigenvalue weighted by molar-refractivity contribution is 9.10. The Morgan fingerprint density at radius 3 is 2.50 bits per heavy atom. The molecule has 0 bridgehead atoms. The van der Waals surface area contributed by atoms with E-state index >= 15 is 0 Å². The topological polar surface area (TPSA) is 54.5 Å². The Morgan fingerprint density at radius 1 is 1.19 bits per heavy atom. The standard InChI is InChI=1S/C19H18BrN3O2S/c1-3-23(18(24)21-15-8-10-16(25-2)11-9-15)19-22-17(12-26-19)13-4-6-14(20)7-5-13/h4-12H,3H2,1-2H3,(H,21,24). The van der Waals surface area contributed by atoms with Crippen LogP contribution in [-0.4, -0.2) is 24.7 Å². The Bertz CT molecular complexity index is 879. The first-order valence-corrected chi connectivity index (χ1v) is 9.72. The molecule has 0 saturated heterocycles. The van der Waals surface area contributed by atoms with Crippen molar-refractivity contribution in [2.45, 2.75) is 6.92 Å². The Kier molecular flexibility index (Phi) is 5.90. The van der Waals surface area contributed by atoms with Crippen molar-refractivity contribution in [2.24, 2.45) is 0 Å². The molecule has 0 fully saturated rings. The summed E-state index contributed by atoms with van der Waals surface area (Å²) in [4.78, 5) is 18.9. The molecule has 3 aromatic rings. The van der Waals surface area contributed by atoms with Crippen LogP contribution >= 0.6 is 27.3 Å². The number of aromatic nitrogens is 1. The predicted octanol–water partition coefficient (Wildman–Crippen LogP) is 5.64. The van der Waals surface area contributed by atoms with E-state index in [0.29, 0.717) is 17.4 Å². The van der Waals surface area contributed by atoms with Crippen LogP contribution in [0.2, 0.25) is 0 Å². The molecule has 0 unspecified atom stereocenters. The number of hydrogen-bond donors (Lipinski definition) is 1. The maximum absolute atomic E-state index is 12.6. The van der Waals surface area contributed by atoms with Crippen LogP contribution in [0.1, 0.15) is 6.92 Å². The van der Waals surface area contributed by atoms with E-state index in [4.69, 9.17) is 4.74 Å². The number of nitrogens with zero attached hydrogens (tertiary/aromatic N) is 2. The van der Waals surface area contributed by atoms with Gasteiger partial charge in [0.2, 0.25) is 0 Å². The molecule has 7 heteroatoms. The summed E-state index contributed by atoms with van der Waals surface area (Å²) in [6.45, 7) is 2.45. The number of hydrogen-bond acceptors (Lipinski definition) is 4. The van der Waals surface area contributed by atoms with Crippen LogP contribution in [0.25, 0.3) is 11.3 Å². The fourth-order valence-corrected chi connectivity index (χ4v) is 3.53. The lowest BCUT2D eigenvalue weighted by Gasteiger charge is -2.18. The van der Waals surface area contributed by atoms with E-state index in [9.17, 15) is 4.79 Å². The molecule has 0 spiro atoms. The number of anilines is 2. The van der Waals surface area contributed by atoms with E-state index in [1.54, 1.807) is 36.3 Å². The molecule has 0 aliphatic carbocycles. The molecule has 3 rings (SSSR count). The molecule has 0 radical (unpaired) electrons.